The van der Waals surface area contributed by atoms with Crippen LogP contribution in [0.3, 0.4) is 0 Å². The van der Waals surface area contributed by atoms with Crippen LogP contribution < -0.4 is 5.32 Å². The van der Waals surface area contributed by atoms with Gasteiger partial charge in [-0.15, -0.1) is 0 Å². The van der Waals surface area contributed by atoms with Crippen LogP contribution in [-0.2, 0) is 14.4 Å². The molecule has 0 bridgehead atoms. The maximum atomic E-state index is 12.4. The molecule has 1 saturated carbocycles. The molecule has 2 aliphatic rings. The normalized spacial score (nSPS) is 19.7. The molecule has 0 saturated heterocycles. The number of amides is 2. The zero-order valence-corrected chi connectivity index (χ0v) is 13.4. The predicted molar refractivity (Wildman–Crippen MR) is 86.0 cm³/mol. The van der Waals surface area contributed by atoms with Gasteiger partial charge in [-0.3, -0.25) is 9.59 Å². The molecular weight excluding hydrogens is 294 g/mol. The monoisotopic (exact) mass is 315 g/mol. The van der Waals surface area contributed by atoms with Crippen LogP contribution in [0, 0.1) is 6.92 Å². The van der Waals surface area contributed by atoms with Gasteiger partial charge in [0.2, 0.25) is 12.0 Å². The topological polar surface area (TPSA) is 71.0 Å². The minimum atomic E-state index is -0.650. The van der Waals surface area contributed by atoms with Gasteiger partial charge in [-0.05, 0) is 25.3 Å². The van der Waals surface area contributed by atoms with Crippen LogP contribution in [0.5, 0.6) is 0 Å². The Morgan fingerprint density at radius 1 is 1.35 bits per heavy atom. The van der Waals surface area contributed by atoms with Gasteiger partial charge >= 0.3 is 0 Å². The van der Waals surface area contributed by atoms with Crippen LogP contribution in [-0.4, -0.2) is 48.2 Å². The van der Waals surface area contributed by atoms with Crippen LogP contribution in [0.25, 0.3) is 0 Å². The lowest BCUT2D eigenvalue weighted by Gasteiger charge is -2.19. The molecule has 1 aliphatic heterocycles. The van der Waals surface area contributed by atoms with Gasteiger partial charge in [0.05, 0.1) is 12.3 Å². The van der Waals surface area contributed by atoms with E-state index in [0.717, 1.165) is 29.7 Å². The van der Waals surface area contributed by atoms with Crippen molar-refractivity contribution in [2.24, 2.45) is 5.16 Å². The van der Waals surface area contributed by atoms with Crippen molar-refractivity contribution < 1.29 is 14.4 Å². The predicted octanol–water partition coefficient (Wildman–Crippen LogP) is 1.23. The summed E-state index contributed by atoms with van der Waals surface area (Å²) in [5, 5.41) is 6.93. The van der Waals surface area contributed by atoms with E-state index in [1.807, 2.05) is 31.2 Å². The summed E-state index contributed by atoms with van der Waals surface area (Å²) in [6, 6.07) is 8.17. The Morgan fingerprint density at radius 2 is 2.09 bits per heavy atom. The van der Waals surface area contributed by atoms with E-state index in [9.17, 15) is 9.59 Å². The van der Waals surface area contributed by atoms with E-state index in [1.54, 1.807) is 7.05 Å². The largest absolute Gasteiger partial charge is 0.382 e. The molecule has 1 aromatic rings. The van der Waals surface area contributed by atoms with Crippen molar-refractivity contribution in [1.29, 1.82) is 0 Å². The number of oxime groups is 1. The molecule has 1 aromatic carbocycles. The third kappa shape index (κ3) is 3.70. The van der Waals surface area contributed by atoms with E-state index in [2.05, 4.69) is 10.5 Å². The van der Waals surface area contributed by atoms with Crippen molar-refractivity contribution in [3.05, 3.63) is 35.4 Å². The number of hydrogen-bond donors (Lipinski definition) is 1. The van der Waals surface area contributed by atoms with Crippen LogP contribution in [0.2, 0.25) is 0 Å². The van der Waals surface area contributed by atoms with Crippen molar-refractivity contribution in [1.82, 2.24) is 10.2 Å². The highest BCUT2D eigenvalue weighted by Crippen LogP contribution is 2.21. The molecule has 1 atom stereocenters. The first kappa shape index (κ1) is 15.5. The van der Waals surface area contributed by atoms with Crippen LogP contribution in [0.1, 0.15) is 30.4 Å². The van der Waals surface area contributed by atoms with Gasteiger partial charge in [0, 0.05) is 25.1 Å². The number of carbonyl (C=O) groups excluding carboxylic acids is 2. The summed E-state index contributed by atoms with van der Waals surface area (Å²) in [4.78, 5) is 30.9. The molecule has 2 amide bonds. The smallest absolute Gasteiger partial charge is 0.267 e. The minimum absolute atomic E-state index is 0.0505. The standard InChI is InChI=1S/C17H21N3O3/c1-11-5-3-4-6-13(11)14-9-15(23-19-14)17(22)20(2)10-16(21)18-12-7-8-12/h3-6,12,15H,7-10H2,1-2H3,(H,18,21). The molecule has 0 aromatic heterocycles. The van der Waals surface area contributed by atoms with Crippen LogP contribution >= 0.6 is 0 Å². The van der Waals surface area contributed by atoms with Crippen molar-refractivity contribution in [2.75, 3.05) is 13.6 Å². The second-order valence-corrected chi connectivity index (χ2v) is 6.19. The highest BCUT2D eigenvalue weighted by Gasteiger charge is 2.32. The van der Waals surface area contributed by atoms with E-state index < -0.39 is 6.10 Å². The third-order valence-corrected chi connectivity index (χ3v) is 4.10. The van der Waals surface area contributed by atoms with Gasteiger partial charge in [0.15, 0.2) is 0 Å². The first-order valence-electron chi connectivity index (χ1n) is 7.87. The lowest BCUT2D eigenvalue weighted by Crippen LogP contribution is -2.43. The van der Waals surface area contributed by atoms with E-state index in [4.69, 9.17) is 4.84 Å². The van der Waals surface area contributed by atoms with Gasteiger partial charge in [-0.2, -0.15) is 0 Å². The Kier molecular flexibility index (Phi) is 4.32. The summed E-state index contributed by atoms with van der Waals surface area (Å²) in [7, 11) is 1.62. The minimum Gasteiger partial charge on any atom is -0.382 e. The first-order valence-corrected chi connectivity index (χ1v) is 7.87. The molecule has 0 spiro atoms. The number of benzene rings is 1. The molecule has 1 N–H and O–H groups in total. The maximum Gasteiger partial charge on any atom is 0.267 e. The molecule has 23 heavy (non-hydrogen) atoms. The third-order valence-electron chi connectivity index (χ3n) is 4.10. The fourth-order valence-electron chi connectivity index (χ4n) is 2.61. The highest BCUT2D eigenvalue weighted by atomic mass is 16.6. The summed E-state index contributed by atoms with van der Waals surface area (Å²) >= 11 is 0. The molecule has 122 valence electrons. The number of hydrogen-bond acceptors (Lipinski definition) is 4. The average molecular weight is 315 g/mol. The Bertz CT molecular complexity index is 652. The van der Waals surface area contributed by atoms with Crippen LogP contribution in [0.4, 0.5) is 0 Å². The second-order valence-electron chi connectivity index (χ2n) is 6.19. The molecule has 0 radical (unpaired) electrons. The zero-order valence-electron chi connectivity index (χ0n) is 13.4. The second kappa shape index (κ2) is 6.40. The number of nitrogens with one attached hydrogen (secondary N) is 1. The van der Waals surface area contributed by atoms with Gasteiger partial charge in [-0.1, -0.05) is 29.4 Å². The van der Waals surface area contributed by atoms with Crippen molar-refractivity contribution in [3.63, 3.8) is 0 Å². The van der Waals surface area contributed by atoms with Gasteiger partial charge in [0.1, 0.15) is 0 Å². The molecule has 6 heteroatoms. The first-order chi connectivity index (χ1) is 11.0. The van der Waals surface area contributed by atoms with E-state index in [0.29, 0.717) is 12.5 Å². The summed E-state index contributed by atoms with van der Waals surface area (Å²) in [6.45, 7) is 2.05. The van der Waals surface area contributed by atoms with Crippen molar-refractivity contribution in [2.45, 2.75) is 38.3 Å². The molecule has 1 unspecified atom stereocenters. The number of likely N-dealkylation sites (N-methyl/N-ethyl adjacent to an activating group) is 1. The lowest BCUT2D eigenvalue weighted by atomic mass is 10.00. The molecule has 3 rings (SSSR count). The summed E-state index contributed by atoms with van der Waals surface area (Å²) < 4.78 is 0. The molecule has 1 heterocycles. The number of aryl methyl sites for hydroxylation is 1. The molecule has 6 nitrogen and oxygen atoms in total. The Hall–Kier alpha value is -2.37. The highest BCUT2D eigenvalue weighted by molar-refractivity contribution is 6.05. The SMILES string of the molecule is Cc1ccccc1C1=NOC(C(=O)N(C)CC(=O)NC2CC2)C1. The Morgan fingerprint density at radius 3 is 2.78 bits per heavy atom. The fourth-order valence-corrected chi connectivity index (χ4v) is 2.61. The molecule has 1 aliphatic carbocycles. The van der Waals surface area contributed by atoms with Gasteiger partial charge in [-0.25, -0.2) is 0 Å². The van der Waals surface area contributed by atoms with E-state index >= 15 is 0 Å². The number of carbonyl (C=O) groups is 2. The quantitative estimate of drug-likeness (QED) is 0.888. The van der Waals surface area contributed by atoms with Crippen LogP contribution in [0.15, 0.2) is 29.4 Å². The number of rotatable bonds is 5. The Balaban J connectivity index is 1.55. The zero-order chi connectivity index (χ0) is 16.4. The number of nitrogens with zero attached hydrogens (tertiary/aromatic N) is 2. The average Bonchev–Trinajstić information content (AvgIpc) is 3.20. The lowest BCUT2D eigenvalue weighted by molar-refractivity contribution is -0.143. The molecule has 1 fully saturated rings. The van der Waals surface area contributed by atoms with E-state index in [1.165, 1.54) is 4.90 Å². The maximum absolute atomic E-state index is 12.4. The van der Waals surface area contributed by atoms with Crippen molar-refractivity contribution in [3.8, 4) is 0 Å². The summed E-state index contributed by atoms with van der Waals surface area (Å²) in [5.41, 5.74) is 2.87. The van der Waals surface area contributed by atoms with Gasteiger partial charge in [0.25, 0.3) is 5.91 Å². The molecular formula is C17H21N3O3. The summed E-state index contributed by atoms with van der Waals surface area (Å²) in [6.07, 6.45) is 1.84. The fraction of sp³-hybridized carbons (Fsp3) is 0.471. The van der Waals surface area contributed by atoms with Gasteiger partial charge < -0.3 is 15.1 Å². The summed E-state index contributed by atoms with van der Waals surface area (Å²) in [5.74, 6) is -0.343. The van der Waals surface area contributed by atoms with Crippen molar-refractivity contribution >= 4 is 17.5 Å². The Labute approximate surface area is 135 Å². The van der Waals surface area contributed by atoms with E-state index in [-0.39, 0.29) is 18.4 Å².